The van der Waals surface area contributed by atoms with Gasteiger partial charge in [-0.1, -0.05) is 22.0 Å². The molecule has 4 nitrogen and oxygen atoms in total. The number of benzene rings is 2. The lowest BCUT2D eigenvalue weighted by Crippen LogP contribution is -2.20. The van der Waals surface area contributed by atoms with Crippen molar-refractivity contribution in [2.45, 2.75) is 0 Å². The molecule has 0 bridgehead atoms. The fourth-order valence-electron chi connectivity index (χ4n) is 2.08. The number of hydrogen-bond donors (Lipinski definition) is 1. The van der Waals surface area contributed by atoms with Crippen molar-refractivity contribution in [3.05, 3.63) is 65.3 Å². The number of nitrogens with zero attached hydrogens (tertiary/aromatic N) is 1. The molecule has 0 atom stereocenters. The number of amides is 1. The largest absolute Gasteiger partial charge is 0.484 e. The molecule has 0 fully saturated rings. The second-order valence-electron chi connectivity index (χ2n) is 4.67. The molecule has 1 amide bonds. The summed E-state index contributed by atoms with van der Waals surface area (Å²) < 4.78 is 6.42. The van der Waals surface area contributed by atoms with Gasteiger partial charge in [-0.15, -0.1) is 0 Å². The van der Waals surface area contributed by atoms with Gasteiger partial charge in [-0.3, -0.25) is 9.78 Å². The molecular formula is C17H13BrN2O2. The average Bonchev–Trinajstić information content (AvgIpc) is 2.55. The molecule has 22 heavy (non-hydrogen) atoms. The number of rotatable bonds is 4. The van der Waals surface area contributed by atoms with E-state index in [2.05, 4.69) is 26.2 Å². The number of fused-ring (bicyclic) bond motifs is 1. The first-order valence-electron chi connectivity index (χ1n) is 6.74. The molecular weight excluding hydrogens is 344 g/mol. The fourth-order valence-corrected chi connectivity index (χ4v) is 2.34. The van der Waals surface area contributed by atoms with Crippen LogP contribution in [0.25, 0.3) is 10.9 Å². The van der Waals surface area contributed by atoms with Gasteiger partial charge < -0.3 is 10.1 Å². The van der Waals surface area contributed by atoms with Crippen LogP contribution in [0, 0.1) is 0 Å². The standard InChI is InChI=1S/C17H13BrN2O2/c18-12-6-8-13(9-7-12)22-11-17(21)20-16-5-1-4-15-14(16)3-2-10-19-15/h1-10H,11H2,(H,20,21). The second kappa shape index (κ2) is 6.58. The zero-order chi connectivity index (χ0) is 15.4. The molecule has 3 rings (SSSR count). The van der Waals surface area contributed by atoms with Gasteiger partial charge in [0.2, 0.25) is 0 Å². The van der Waals surface area contributed by atoms with Gasteiger partial charge >= 0.3 is 0 Å². The summed E-state index contributed by atoms with van der Waals surface area (Å²) in [5.74, 6) is 0.442. The summed E-state index contributed by atoms with van der Waals surface area (Å²) in [5, 5.41) is 3.76. The number of hydrogen-bond acceptors (Lipinski definition) is 3. The van der Waals surface area contributed by atoms with Gasteiger partial charge in [0, 0.05) is 16.1 Å². The predicted octanol–water partition coefficient (Wildman–Crippen LogP) is 4.01. The molecule has 3 aromatic rings. The number of carbonyl (C=O) groups excluding carboxylic acids is 1. The Morgan fingerprint density at radius 1 is 1.09 bits per heavy atom. The van der Waals surface area contributed by atoms with Crippen molar-refractivity contribution in [1.29, 1.82) is 0 Å². The second-order valence-corrected chi connectivity index (χ2v) is 5.58. The topological polar surface area (TPSA) is 51.2 Å². The molecule has 1 heterocycles. The van der Waals surface area contributed by atoms with Crippen molar-refractivity contribution in [3.8, 4) is 5.75 Å². The lowest BCUT2D eigenvalue weighted by Gasteiger charge is -2.09. The van der Waals surface area contributed by atoms with E-state index in [0.717, 1.165) is 21.1 Å². The quantitative estimate of drug-likeness (QED) is 0.768. The van der Waals surface area contributed by atoms with Gasteiger partial charge in [-0.2, -0.15) is 0 Å². The number of anilines is 1. The van der Waals surface area contributed by atoms with E-state index >= 15 is 0 Å². The Labute approximate surface area is 136 Å². The minimum absolute atomic E-state index is 0.0434. The van der Waals surface area contributed by atoms with Crippen LogP contribution in [0.5, 0.6) is 5.75 Å². The molecule has 0 aliphatic carbocycles. The lowest BCUT2D eigenvalue weighted by atomic mass is 10.2. The van der Waals surface area contributed by atoms with Crippen LogP contribution < -0.4 is 10.1 Å². The maximum absolute atomic E-state index is 12.0. The summed E-state index contributed by atoms with van der Waals surface area (Å²) in [6.07, 6.45) is 1.73. The van der Waals surface area contributed by atoms with E-state index in [1.54, 1.807) is 18.3 Å². The molecule has 0 unspecified atom stereocenters. The maximum Gasteiger partial charge on any atom is 0.262 e. The SMILES string of the molecule is O=C(COc1ccc(Br)cc1)Nc1cccc2ncccc12. The summed E-state index contributed by atoms with van der Waals surface area (Å²) in [6.45, 7) is -0.0434. The zero-order valence-corrected chi connectivity index (χ0v) is 13.2. The minimum Gasteiger partial charge on any atom is -0.484 e. The normalized spacial score (nSPS) is 10.4. The fraction of sp³-hybridized carbons (Fsp3) is 0.0588. The number of halogens is 1. The summed E-state index contributed by atoms with van der Waals surface area (Å²) in [4.78, 5) is 16.3. The predicted molar refractivity (Wildman–Crippen MR) is 90.0 cm³/mol. The minimum atomic E-state index is -0.209. The zero-order valence-electron chi connectivity index (χ0n) is 11.6. The third kappa shape index (κ3) is 3.43. The highest BCUT2D eigenvalue weighted by molar-refractivity contribution is 9.10. The van der Waals surface area contributed by atoms with E-state index in [-0.39, 0.29) is 12.5 Å². The molecule has 0 saturated carbocycles. The van der Waals surface area contributed by atoms with Crippen molar-refractivity contribution in [2.24, 2.45) is 0 Å². The first kappa shape index (κ1) is 14.5. The molecule has 1 N–H and O–H groups in total. The van der Waals surface area contributed by atoms with Crippen molar-refractivity contribution in [3.63, 3.8) is 0 Å². The van der Waals surface area contributed by atoms with Crippen LogP contribution in [-0.2, 0) is 4.79 Å². The third-order valence-corrected chi connectivity index (χ3v) is 3.63. The summed E-state index contributed by atoms with van der Waals surface area (Å²) in [6, 6.07) is 16.7. The van der Waals surface area contributed by atoms with Gasteiger partial charge in [-0.25, -0.2) is 0 Å². The Kier molecular flexibility index (Phi) is 4.34. The first-order valence-corrected chi connectivity index (χ1v) is 7.53. The number of ether oxygens (including phenoxy) is 1. The molecule has 1 aromatic heterocycles. The van der Waals surface area contributed by atoms with Crippen LogP contribution >= 0.6 is 15.9 Å². The van der Waals surface area contributed by atoms with Crippen molar-refractivity contribution in [2.75, 3.05) is 11.9 Å². The van der Waals surface area contributed by atoms with Crippen molar-refractivity contribution >= 4 is 38.4 Å². The number of aromatic nitrogens is 1. The van der Waals surface area contributed by atoms with Crippen LogP contribution in [0.4, 0.5) is 5.69 Å². The Balaban J connectivity index is 1.67. The highest BCUT2D eigenvalue weighted by Gasteiger charge is 2.07. The Bertz CT molecular complexity index is 798. The van der Waals surface area contributed by atoms with E-state index in [1.807, 2.05) is 42.5 Å². The van der Waals surface area contributed by atoms with Crippen molar-refractivity contribution in [1.82, 2.24) is 4.98 Å². The highest BCUT2D eigenvalue weighted by Crippen LogP contribution is 2.21. The smallest absolute Gasteiger partial charge is 0.262 e. The maximum atomic E-state index is 12.0. The van der Waals surface area contributed by atoms with Crippen LogP contribution in [0.15, 0.2) is 65.3 Å². The molecule has 0 saturated heterocycles. The lowest BCUT2D eigenvalue weighted by molar-refractivity contribution is -0.118. The molecule has 2 aromatic carbocycles. The average molecular weight is 357 g/mol. The van der Waals surface area contributed by atoms with E-state index in [9.17, 15) is 4.79 Å². The van der Waals surface area contributed by atoms with Crippen LogP contribution in [0.1, 0.15) is 0 Å². The van der Waals surface area contributed by atoms with E-state index < -0.39 is 0 Å². The van der Waals surface area contributed by atoms with Crippen LogP contribution in [0.2, 0.25) is 0 Å². The van der Waals surface area contributed by atoms with Gasteiger partial charge in [0.15, 0.2) is 6.61 Å². The molecule has 0 aliphatic rings. The monoisotopic (exact) mass is 356 g/mol. The van der Waals surface area contributed by atoms with E-state index in [0.29, 0.717) is 5.75 Å². The van der Waals surface area contributed by atoms with E-state index in [4.69, 9.17) is 4.74 Å². The molecule has 5 heteroatoms. The summed E-state index contributed by atoms with van der Waals surface area (Å²) in [7, 11) is 0. The number of pyridine rings is 1. The highest BCUT2D eigenvalue weighted by atomic mass is 79.9. The molecule has 0 spiro atoms. The first-order chi connectivity index (χ1) is 10.7. The van der Waals surface area contributed by atoms with Gasteiger partial charge in [0.1, 0.15) is 5.75 Å². The van der Waals surface area contributed by atoms with E-state index in [1.165, 1.54) is 0 Å². The van der Waals surface area contributed by atoms with Crippen molar-refractivity contribution < 1.29 is 9.53 Å². The third-order valence-electron chi connectivity index (χ3n) is 3.10. The Hall–Kier alpha value is -2.40. The molecule has 0 radical (unpaired) electrons. The summed E-state index contributed by atoms with van der Waals surface area (Å²) >= 11 is 3.35. The molecule has 0 aliphatic heterocycles. The van der Waals surface area contributed by atoms with Gasteiger partial charge in [-0.05, 0) is 48.5 Å². The van der Waals surface area contributed by atoms with Gasteiger partial charge in [0.25, 0.3) is 5.91 Å². The number of carbonyl (C=O) groups is 1. The van der Waals surface area contributed by atoms with Gasteiger partial charge in [0.05, 0.1) is 11.2 Å². The number of nitrogens with one attached hydrogen (secondary N) is 1. The Morgan fingerprint density at radius 2 is 1.91 bits per heavy atom. The van der Waals surface area contributed by atoms with Crippen LogP contribution in [0.3, 0.4) is 0 Å². The summed E-state index contributed by atoms with van der Waals surface area (Å²) in [5.41, 5.74) is 1.57. The van der Waals surface area contributed by atoms with Crippen LogP contribution in [-0.4, -0.2) is 17.5 Å². The Morgan fingerprint density at radius 3 is 2.73 bits per heavy atom. The molecule has 110 valence electrons.